The van der Waals surface area contributed by atoms with E-state index in [1.165, 1.54) is 51.2 Å². The Balaban J connectivity index is 1.37. The summed E-state index contributed by atoms with van der Waals surface area (Å²) in [5.74, 6) is 2.44. The Morgan fingerprint density at radius 3 is 2.14 bits per heavy atom. The number of carbonyl (C=O) groups is 2. The molecule has 0 aromatic heterocycles. The third-order valence-corrected chi connectivity index (χ3v) is 15.2. The molecule has 244 valence electrons. The Morgan fingerprint density at radius 2 is 1.51 bits per heavy atom. The number of rotatable bonds is 7. The number of allylic oxidation sites excluding steroid dienone is 1. The van der Waals surface area contributed by atoms with Gasteiger partial charge < -0.3 is 14.6 Å². The number of methoxy groups -OCH3 is 1. The topological polar surface area (TPSA) is 72.8 Å². The number of hydrogen-bond acceptors (Lipinski definition) is 5. The fourth-order valence-electron chi connectivity index (χ4n) is 12.9. The van der Waals surface area contributed by atoms with Crippen molar-refractivity contribution in [1.82, 2.24) is 0 Å². The first-order valence-corrected chi connectivity index (χ1v) is 17.4. The van der Waals surface area contributed by atoms with Gasteiger partial charge in [0.15, 0.2) is 0 Å². The number of carbonyl (C=O) groups excluding carboxylic acids is 2. The molecule has 10 atom stereocenters. The van der Waals surface area contributed by atoms with E-state index in [1.54, 1.807) is 0 Å². The molecule has 5 saturated carbocycles. The molecule has 5 rings (SSSR count). The zero-order chi connectivity index (χ0) is 31.8. The lowest BCUT2D eigenvalue weighted by molar-refractivity contribution is -0.251. The summed E-state index contributed by atoms with van der Waals surface area (Å²) in [6, 6.07) is 0. The van der Waals surface area contributed by atoms with Crippen LogP contribution in [-0.4, -0.2) is 36.9 Å². The van der Waals surface area contributed by atoms with Gasteiger partial charge in [-0.25, -0.2) is 0 Å². The van der Waals surface area contributed by atoms with Gasteiger partial charge >= 0.3 is 11.9 Å². The fourth-order valence-corrected chi connectivity index (χ4v) is 12.9. The molecule has 0 aromatic rings. The Morgan fingerprint density at radius 1 is 0.837 bits per heavy atom. The van der Waals surface area contributed by atoms with Crippen LogP contribution in [0.15, 0.2) is 12.2 Å². The van der Waals surface area contributed by atoms with E-state index in [9.17, 15) is 14.7 Å². The van der Waals surface area contributed by atoms with Crippen LogP contribution in [0.2, 0.25) is 0 Å². The van der Waals surface area contributed by atoms with E-state index >= 15 is 0 Å². The van der Waals surface area contributed by atoms with Crippen LogP contribution in [0.4, 0.5) is 0 Å². The van der Waals surface area contributed by atoms with Crippen molar-refractivity contribution < 1.29 is 24.2 Å². The molecule has 0 aromatic carbocycles. The average Bonchev–Trinajstić information content (AvgIpc) is 3.30. The summed E-state index contributed by atoms with van der Waals surface area (Å²) in [5.41, 5.74) is 1.57. The predicted octanol–water partition coefficient (Wildman–Crippen LogP) is 8.53. The van der Waals surface area contributed by atoms with Crippen LogP contribution in [0.3, 0.4) is 0 Å². The molecule has 0 bridgehead atoms. The summed E-state index contributed by atoms with van der Waals surface area (Å²) in [7, 11) is 1.39. The van der Waals surface area contributed by atoms with Crippen molar-refractivity contribution >= 4 is 11.9 Å². The molecule has 4 unspecified atom stereocenters. The van der Waals surface area contributed by atoms with Gasteiger partial charge in [-0.05, 0) is 128 Å². The average molecular weight is 599 g/mol. The minimum atomic E-state index is -0.492. The molecular formula is C38H62O5. The Labute approximate surface area is 262 Å². The highest BCUT2D eigenvalue weighted by Gasteiger charge is 2.71. The Bertz CT molecular complexity index is 1120. The number of ether oxygens (including phenoxy) is 2. The van der Waals surface area contributed by atoms with Crippen molar-refractivity contribution in [1.29, 1.82) is 0 Å². The molecule has 0 spiro atoms. The normalized spacial score (nSPS) is 45.2. The molecule has 5 aliphatic rings. The highest BCUT2D eigenvalue weighted by Crippen LogP contribution is 2.77. The lowest BCUT2D eigenvalue weighted by Crippen LogP contribution is -2.67. The highest BCUT2D eigenvalue weighted by atomic mass is 16.5. The number of hydrogen-bond donors (Lipinski definition) is 1. The van der Waals surface area contributed by atoms with Gasteiger partial charge in [0, 0.05) is 12.0 Å². The van der Waals surface area contributed by atoms with Crippen LogP contribution in [0.25, 0.3) is 0 Å². The summed E-state index contributed by atoms with van der Waals surface area (Å²) in [6.07, 6.45) is 12.0. The molecule has 0 heterocycles. The van der Waals surface area contributed by atoms with Gasteiger partial charge in [0.1, 0.15) is 6.10 Å². The molecule has 0 radical (unpaired) electrons. The van der Waals surface area contributed by atoms with E-state index in [2.05, 4.69) is 48.1 Å². The molecule has 0 saturated heterocycles. The minimum absolute atomic E-state index is 0.0907. The summed E-state index contributed by atoms with van der Waals surface area (Å²) in [4.78, 5) is 25.1. The molecule has 5 aliphatic carbocycles. The summed E-state index contributed by atoms with van der Waals surface area (Å²) >= 11 is 0. The van der Waals surface area contributed by atoms with Crippen molar-refractivity contribution in [2.24, 2.45) is 62.1 Å². The summed E-state index contributed by atoms with van der Waals surface area (Å²) in [5, 5.41) is 10.8. The van der Waals surface area contributed by atoms with E-state index in [0.29, 0.717) is 36.2 Å². The van der Waals surface area contributed by atoms with Crippen LogP contribution >= 0.6 is 0 Å². The first-order valence-electron chi connectivity index (χ1n) is 17.4. The van der Waals surface area contributed by atoms with E-state index in [-0.39, 0.29) is 58.0 Å². The zero-order valence-corrected chi connectivity index (χ0v) is 28.9. The van der Waals surface area contributed by atoms with Crippen LogP contribution < -0.4 is 0 Å². The van der Waals surface area contributed by atoms with Gasteiger partial charge in [-0.3, -0.25) is 9.59 Å². The first kappa shape index (κ1) is 33.0. The zero-order valence-electron chi connectivity index (χ0n) is 28.9. The van der Waals surface area contributed by atoms with Gasteiger partial charge in [0.25, 0.3) is 0 Å². The molecule has 43 heavy (non-hydrogen) atoms. The molecule has 1 N–H and O–H groups in total. The van der Waals surface area contributed by atoms with E-state index in [1.807, 2.05) is 13.8 Å². The number of fused-ring (bicyclic) bond motifs is 7. The molecule has 0 amide bonds. The second kappa shape index (κ2) is 10.9. The van der Waals surface area contributed by atoms with E-state index < -0.39 is 5.41 Å². The lowest BCUT2D eigenvalue weighted by atomic mass is 9.32. The summed E-state index contributed by atoms with van der Waals surface area (Å²) in [6.45, 7) is 23.5. The molecule has 5 heteroatoms. The molecule has 0 aliphatic heterocycles. The maximum absolute atomic E-state index is 13.2. The maximum Gasteiger partial charge on any atom is 0.306 e. The lowest BCUT2D eigenvalue weighted by Gasteiger charge is -2.73. The van der Waals surface area contributed by atoms with Gasteiger partial charge in [-0.2, -0.15) is 0 Å². The van der Waals surface area contributed by atoms with Crippen LogP contribution in [0, 0.1) is 62.1 Å². The summed E-state index contributed by atoms with van der Waals surface area (Å²) < 4.78 is 11.2. The highest BCUT2D eigenvalue weighted by molar-refractivity contribution is 5.74. The largest absolute Gasteiger partial charge is 0.469 e. The molecule has 5 nitrogen and oxygen atoms in total. The standard InChI is InChI=1S/C38H62O5/c1-24(2)25-13-18-38(23-39)20-19-36(8)26(32(25)38)11-12-28-35(7)16-15-29(34(5,6)27(35)14-17-37(28,36)9)43-31(41)22-33(3,4)21-30(40)42-10/h25-29,32,39H,1,11-23H2,2-10H3/t25-,26?,27?,28?,29-,32?,35-,36+,37+,38+/m0/s1. The number of aliphatic hydroxyl groups excluding tert-OH is 1. The van der Waals surface area contributed by atoms with Crippen LogP contribution in [0.1, 0.15) is 132 Å². The van der Waals surface area contributed by atoms with Gasteiger partial charge in [-0.1, -0.05) is 60.6 Å². The van der Waals surface area contributed by atoms with Crippen LogP contribution in [-0.2, 0) is 19.1 Å². The Hall–Kier alpha value is -1.36. The van der Waals surface area contributed by atoms with Crippen molar-refractivity contribution in [2.45, 2.75) is 139 Å². The second-order valence-electron chi connectivity index (χ2n) is 18.1. The smallest absolute Gasteiger partial charge is 0.306 e. The Kier molecular flexibility index (Phi) is 8.35. The quantitative estimate of drug-likeness (QED) is 0.235. The second-order valence-corrected chi connectivity index (χ2v) is 18.1. The minimum Gasteiger partial charge on any atom is -0.469 e. The van der Waals surface area contributed by atoms with Crippen LogP contribution in [0.5, 0.6) is 0 Å². The SMILES string of the molecule is C=C(C)[C@@H]1CC[C@]2(CO)CC[C@]3(C)C(CCC4[C@@]5(C)CC[C@H](OC(=O)CC(C)(C)CC(=O)OC)C(C)(C)C5CC[C@]43C)C12. The van der Waals surface area contributed by atoms with Gasteiger partial charge in [0.05, 0.1) is 20.0 Å². The van der Waals surface area contributed by atoms with Crippen molar-refractivity contribution in [2.75, 3.05) is 13.7 Å². The monoisotopic (exact) mass is 598 g/mol. The first-order chi connectivity index (χ1) is 19.9. The van der Waals surface area contributed by atoms with Gasteiger partial charge in [-0.15, -0.1) is 0 Å². The molecular weight excluding hydrogens is 536 g/mol. The van der Waals surface area contributed by atoms with Crippen molar-refractivity contribution in [3.63, 3.8) is 0 Å². The van der Waals surface area contributed by atoms with Gasteiger partial charge in [0.2, 0.25) is 0 Å². The number of esters is 2. The third-order valence-electron chi connectivity index (χ3n) is 15.2. The predicted molar refractivity (Wildman–Crippen MR) is 171 cm³/mol. The van der Waals surface area contributed by atoms with Crippen molar-refractivity contribution in [3.8, 4) is 0 Å². The number of aliphatic hydroxyl groups is 1. The van der Waals surface area contributed by atoms with Crippen molar-refractivity contribution in [3.05, 3.63) is 12.2 Å². The molecule has 5 fully saturated rings. The fraction of sp³-hybridized carbons (Fsp3) is 0.895. The maximum atomic E-state index is 13.2. The van der Waals surface area contributed by atoms with E-state index in [0.717, 1.165) is 25.7 Å². The third kappa shape index (κ3) is 4.96. The van der Waals surface area contributed by atoms with E-state index in [4.69, 9.17) is 9.47 Å².